The minimum absolute atomic E-state index is 0.147. The van der Waals surface area contributed by atoms with Crippen molar-refractivity contribution in [2.45, 2.75) is 24.4 Å². The lowest BCUT2D eigenvalue weighted by atomic mass is 10.0. The SMILES string of the molecule is C1CNCCN1.OC1(F)C=CC(ONOC2(N3CCNCC3)C=CC=CC2)=CC1. The lowest BCUT2D eigenvalue weighted by Gasteiger charge is -2.43. The summed E-state index contributed by atoms with van der Waals surface area (Å²) in [4.78, 5) is 13.4. The minimum Gasteiger partial charge on any atom is -0.384 e. The summed E-state index contributed by atoms with van der Waals surface area (Å²) in [5, 5.41) is 19.0. The highest BCUT2D eigenvalue weighted by atomic mass is 19.2. The van der Waals surface area contributed by atoms with Crippen LogP contribution in [0.4, 0.5) is 4.39 Å². The van der Waals surface area contributed by atoms with Gasteiger partial charge in [-0.05, 0) is 29.9 Å². The summed E-state index contributed by atoms with van der Waals surface area (Å²) < 4.78 is 13.2. The van der Waals surface area contributed by atoms with Gasteiger partial charge in [-0.1, -0.05) is 18.2 Å². The molecule has 2 atom stereocenters. The van der Waals surface area contributed by atoms with E-state index in [1.165, 1.54) is 12.2 Å². The zero-order valence-corrected chi connectivity index (χ0v) is 16.7. The van der Waals surface area contributed by atoms with Crippen molar-refractivity contribution in [3.05, 3.63) is 48.3 Å². The quantitative estimate of drug-likeness (QED) is 0.413. The zero-order chi connectivity index (χ0) is 20.4. The maximum atomic E-state index is 13.2. The Balaban J connectivity index is 0.000000343. The molecule has 0 spiro atoms. The first-order chi connectivity index (χ1) is 14.1. The molecule has 9 heteroatoms. The molecule has 2 unspecified atom stereocenters. The molecular weight excluding hydrogens is 377 g/mol. The van der Waals surface area contributed by atoms with Crippen molar-refractivity contribution in [2.24, 2.45) is 0 Å². The number of nitrogens with one attached hydrogen (secondary N) is 4. The van der Waals surface area contributed by atoms with Gasteiger partial charge in [0.15, 0.2) is 5.72 Å². The molecule has 0 saturated carbocycles. The monoisotopic (exact) mass is 409 g/mol. The van der Waals surface area contributed by atoms with E-state index in [9.17, 15) is 9.50 Å². The summed E-state index contributed by atoms with van der Waals surface area (Å²) >= 11 is 0. The minimum atomic E-state index is -2.30. The molecule has 0 amide bonds. The maximum absolute atomic E-state index is 13.2. The Bertz CT molecular complexity index is 616. The Labute approximate surface area is 171 Å². The van der Waals surface area contributed by atoms with Crippen LogP contribution in [0.1, 0.15) is 12.8 Å². The molecule has 2 heterocycles. The van der Waals surface area contributed by atoms with Crippen LogP contribution in [0.15, 0.2) is 48.3 Å². The number of halogens is 1. The van der Waals surface area contributed by atoms with E-state index in [4.69, 9.17) is 9.68 Å². The number of alkyl halides is 1. The highest BCUT2D eigenvalue weighted by Crippen LogP contribution is 2.27. The highest BCUT2D eigenvalue weighted by Gasteiger charge is 2.37. The Kier molecular flexibility index (Phi) is 8.37. The van der Waals surface area contributed by atoms with Crippen LogP contribution < -0.4 is 21.6 Å². The first-order valence-corrected chi connectivity index (χ1v) is 10.2. The fourth-order valence-electron chi connectivity index (χ4n) is 3.42. The van der Waals surface area contributed by atoms with Gasteiger partial charge in [0.05, 0.1) is 0 Å². The van der Waals surface area contributed by atoms with E-state index in [-0.39, 0.29) is 6.42 Å². The summed E-state index contributed by atoms with van der Waals surface area (Å²) in [6.45, 7) is 8.12. The van der Waals surface area contributed by atoms with Gasteiger partial charge in [0, 0.05) is 65.2 Å². The van der Waals surface area contributed by atoms with Gasteiger partial charge in [0.25, 0.3) is 0 Å². The van der Waals surface area contributed by atoms with Gasteiger partial charge < -0.3 is 25.9 Å². The second-order valence-electron chi connectivity index (χ2n) is 7.32. The Morgan fingerprint density at radius 3 is 2.21 bits per heavy atom. The molecular formula is C20H32FN5O3. The van der Waals surface area contributed by atoms with Gasteiger partial charge in [0.1, 0.15) is 5.76 Å². The Morgan fingerprint density at radius 1 is 0.966 bits per heavy atom. The molecule has 8 nitrogen and oxygen atoms in total. The Hall–Kier alpha value is -1.59. The van der Waals surface area contributed by atoms with Crippen LogP contribution in [0.25, 0.3) is 0 Å². The van der Waals surface area contributed by atoms with Crippen molar-refractivity contribution in [2.75, 3.05) is 52.4 Å². The lowest BCUT2D eigenvalue weighted by Crippen LogP contribution is -2.58. The van der Waals surface area contributed by atoms with Crippen molar-refractivity contribution >= 4 is 0 Å². The van der Waals surface area contributed by atoms with E-state index in [0.717, 1.165) is 58.4 Å². The molecule has 29 heavy (non-hydrogen) atoms. The standard InChI is InChI=1S/C16H22FN3O3.C4H10N2/c17-15(21)8-4-14(5-9-15)22-19-23-16(6-2-1-3-7-16)20-12-10-18-11-13-20;1-2-6-4-3-5-1/h1-6,8,18-19,21H,7,9-13H2;5-6H,1-4H2. The van der Waals surface area contributed by atoms with Crippen LogP contribution in [0.3, 0.4) is 0 Å². The van der Waals surface area contributed by atoms with E-state index in [1.54, 1.807) is 0 Å². The molecule has 4 rings (SSSR count). The van der Waals surface area contributed by atoms with Crippen molar-refractivity contribution in [1.82, 2.24) is 26.5 Å². The zero-order valence-electron chi connectivity index (χ0n) is 16.7. The van der Waals surface area contributed by atoms with E-state index >= 15 is 0 Å². The van der Waals surface area contributed by atoms with E-state index < -0.39 is 11.6 Å². The largest absolute Gasteiger partial charge is 0.384 e. The van der Waals surface area contributed by atoms with E-state index in [2.05, 4.69) is 26.5 Å². The molecule has 0 bridgehead atoms. The Morgan fingerprint density at radius 2 is 1.66 bits per heavy atom. The second kappa shape index (κ2) is 11.0. The summed E-state index contributed by atoms with van der Waals surface area (Å²) in [5.41, 5.74) is 1.92. The third kappa shape index (κ3) is 7.00. The van der Waals surface area contributed by atoms with Crippen molar-refractivity contribution < 1.29 is 19.2 Å². The van der Waals surface area contributed by atoms with Gasteiger partial charge in [-0.3, -0.25) is 4.90 Å². The normalized spacial score (nSPS) is 32.3. The average molecular weight is 410 g/mol. The molecule has 2 aliphatic carbocycles. The topological polar surface area (TPSA) is 90.0 Å². The summed E-state index contributed by atoms with van der Waals surface area (Å²) in [7, 11) is 0. The predicted octanol–water partition coefficient (Wildman–Crippen LogP) is 0.238. The number of hydrogen-bond donors (Lipinski definition) is 5. The lowest BCUT2D eigenvalue weighted by molar-refractivity contribution is -0.251. The van der Waals surface area contributed by atoms with Crippen molar-refractivity contribution in [1.29, 1.82) is 0 Å². The number of aliphatic hydroxyl groups is 1. The highest BCUT2D eigenvalue weighted by molar-refractivity contribution is 5.21. The second-order valence-corrected chi connectivity index (χ2v) is 7.32. The number of rotatable bonds is 5. The third-order valence-electron chi connectivity index (χ3n) is 5.09. The molecule has 0 aromatic rings. The average Bonchev–Trinajstić information content (AvgIpc) is 2.78. The van der Waals surface area contributed by atoms with E-state index in [0.29, 0.717) is 12.2 Å². The first kappa shape index (κ1) is 22.1. The number of piperazine rings is 2. The van der Waals surface area contributed by atoms with Gasteiger partial charge in [-0.15, -0.1) is 0 Å². The van der Waals surface area contributed by atoms with Gasteiger partial charge in [-0.25, -0.2) is 9.23 Å². The fourth-order valence-corrected chi connectivity index (χ4v) is 3.42. The molecule has 2 saturated heterocycles. The molecule has 4 aliphatic rings. The number of allylic oxidation sites excluding steroid dienone is 3. The molecule has 0 aromatic carbocycles. The predicted molar refractivity (Wildman–Crippen MR) is 109 cm³/mol. The fraction of sp³-hybridized carbons (Fsp3) is 0.600. The third-order valence-corrected chi connectivity index (χ3v) is 5.09. The van der Waals surface area contributed by atoms with Crippen LogP contribution in [-0.4, -0.2) is 73.9 Å². The van der Waals surface area contributed by atoms with Crippen molar-refractivity contribution in [3.63, 3.8) is 0 Å². The summed E-state index contributed by atoms with van der Waals surface area (Å²) in [6.07, 6.45) is 12.4. The summed E-state index contributed by atoms with van der Waals surface area (Å²) in [5.74, 6) is -1.90. The van der Waals surface area contributed by atoms with E-state index in [1.807, 2.05) is 24.3 Å². The molecule has 0 radical (unpaired) electrons. The number of hydrogen-bond acceptors (Lipinski definition) is 8. The molecule has 2 aliphatic heterocycles. The smallest absolute Gasteiger partial charge is 0.230 e. The maximum Gasteiger partial charge on any atom is 0.230 e. The molecule has 162 valence electrons. The van der Waals surface area contributed by atoms with Crippen molar-refractivity contribution in [3.8, 4) is 0 Å². The van der Waals surface area contributed by atoms with Gasteiger partial charge in [0.2, 0.25) is 5.85 Å². The summed E-state index contributed by atoms with van der Waals surface area (Å²) in [6, 6.07) is 0. The van der Waals surface area contributed by atoms with Crippen LogP contribution in [0.2, 0.25) is 0 Å². The molecule has 2 fully saturated rings. The van der Waals surface area contributed by atoms with Gasteiger partial charge >= 0.3 is 0 Å². The van der Waals surface area contributed by atoms with Gasteiger partial charge in [-0.2, -0.15) is 0 Å². The number of nitrogens with zero attached hydrogens (tertiary/aromatic N) is 1. The van der Waals surface area contributed by atoms with Crippen LogP contribution in [-0.2, 0) is 9.68 Å². The first-order valence-electron chi connectivity index (χ1n) is 10.2. The molecule has 0 aromatic heterocycles. The van der Waals surface area contributed by atoms with Crippen LogP contribution >= 0.6 is 0 Å². The van der Waals surface area contributed by atoms with Crippen LogP contribution in [0.5, 0.6) is 0 Å². The van der Waals surface area contributed by atoms with Crippen LogP contribution in [0, 0.1) is 0 Å². The molecule has 5 N–H and O–H groups in total.